The van der Waals surface area contributed by atoms with E-state index >= 15 is 0 Å². The lowest BCUT2D eigenvalue weighted by Crippen LogP contribution is -2.40. The number of hydrogen-bond donors (Lipinski definition) is 1. The molecule has 174 valence electrons. The quantitative estimate of drug-likeness (QED) is 0.655. The van der Waals surface area contributed by atoms with Gasteiger partial charge in [-0.2, -0.15) is 0 Å². The SMILES string of the molecule is COc1ccc(C)cc1N(CC(=O)NCc1ccc(N2CCCC(C)C2)cc1)S(C)(=O)=O. The van der Waals surface area contributed by atoms with Crippen molar-refractivity contribution in [1.82, 2.24) is 5.32 Å². The summed E-state index contributed by atoms with van der Waals surface area (Å²) in [4.78, 5) is 15.0. The number of amides is 1. The summed E-state index contributed by atoms with van der Waals surface area (Å²) in [6.07, 6.45) is 3.57. The molecule has 3 rings (SSSR count). The Labute approximate surface area is 191 Å². The molecule has 0 spiro atoms. The summed E-state index contributed by atoms with van der Waals surface area (Å²) >= 11 is 0. The molecular weight excluding hydrogens is 426 g/mol. The number of benzene rings is 2. The third kappa shape index (κ3) is 6.16. The summed E-state index contributed by atoms with van der Waals surface area (Å²) in [5.74, 6) is 0.719. The average Bonchev–Trinajstić information content (AvgIpc) is 2.75. The number of piperidine rings is 1. The van der Waals surface area contributed by atoms with Crippen molar-refractivity contribution in [2.24, 2.45) is 5.92 Å². The van der Waals surface area contributed by atoms with Crippen molar-refractivity contribution < 1.29 is 17.9 Å². The van der Waals surface area contributed by atoms with Gasteiger partial charge in [-0.15, -0.1) is 0 Å². The minimum absolute atomic E-state index is 0.317. The van der Waals surface area contributed by atoms with Crippen molar-refractivity contribution in [2.45, 2.75) is 33.2 Å². The van der Waals surface area contributed by atoms with Crippen molar-refractivity contribution in [1.29, 1.82) is 0 Å². The summed E-state index contributed by atoms with van der Waals surface area (Å²) in [6.45, 7) is 6.30. The molecule has 32 heavy (non-hydrogen) atoms. The molecule has 8 heteroatoms. The van der Waals surface area contributed by atoms with Gasteiger partial charge < -0.3 is 15.0 Å². The number of carbonyl (C=O) groups is 1. The predicted molar refractivity (Wildman–Crippen MR) is 129 cm³/mol. The highest BCUT2D eigenvalue weighted by molar-refractivity contribution is 7.92. The number of anilines is 2. The van der Waals surface area contributed by atoms with Crippen LogP contribution in [0.5, 0.6) is 5.75 Å². The number of nitrogens with zero attached hydrogens (tertiary/aromatic N) is 2. The summed E-state index contributed by atoms with van der Waals surface area (Å²) in [7, 11) is -2.21. The van der Waals surface area contributed by atoms with Gasteiger partial charge in [0.05, 0.1) is 19.1 Å². The molecule has 0 aromatic heterocycles. The van der Waals surface area contributed by atoms with Crippen LogP contribution in [0.25, 0.3) is 0 Å². The Morgan fingerprint density at radius 2 is 1.94 bits per heavy atom. The number of hydrogen-bond acceptors (Lipinski definition) is 5. The molecule has 1 heterocycles. The lowest BCUT2D eigenvalue weighted by Gasteiger charge is -2.32. The molecule has 1 N–H and O–H groups in total. The van der Waals surface area contributed by atoms with Crippen LogP contribution in [-0.4, -0.2) is 47.3 Å². The van der Waals surface area contributed by atoms with Gasteiger partial charge in [0.15, 0.2) is 0 Å². The van der Waals surface area contributed by atoms with E-state index < -0.39 is 10.0 Å². The summed E-state index contributed by atoms with van der Waals surface area (Å²) in [6, 6.07) is 13.4. The minimum Gasteiger partial charge on any atom is -0.495 e. The molecule has 0 aliphatic carbocycles. The van der Waals surface area contributed by atoms with E-state index in [1.54, 1.807) is 12.1 Å². The third-order valence-electron chi connectivity index (χ3n) is 5.74. The van der Waals surface area contributed by atoms with Gasteiger partial charge in [-0.3, -0.25) is 9.10 Å². The monoisotopic (exact) mass is 459 g/mol. The van der Waals surface area contributed by atoms with E-state index in [0.29, 0.717) is 23.9 Å². The number of nitrogens with one attached hydrogen (secondary N) is 1. The van der Waals surface area contributed by atoms with Gasteiger partial charge in [0.1, 0.15) is 12.3 Å². The molecule has 0 saturated carbocycles. The van der Waals surface area contributed by atoms with E-state index in [1.807, 2.05) is 25.1 Å². The van der Waals surface area contributed by atoms with E-state index in [1.165, 1.54) is 25.6 Å². The zero-order valence-corrected chi connectivity index (χ0v) is 20.1. The first-order chi connectivity index (χ1) is 15.2. The standard InChI is InChI=1S/C24H33N3O4S/c1-18-7-12-23(31-3)22(14-18)27(32(4,29)30)17-24(28)25-15-20-8-10-21(11-9-20)26-13-5-6-19(2)16-26/h7-12,14,19H,5-6,13,15-17H2,1-4H3,(H,25,28). The second-order valence-electron chi connectivity index (χ2n) is 8.58. The Bertz CT molecular complexity index is 1040. The molecule has 1 saturated heterocycles. The molecule has 0 bridgehead atoms. The Morgan fingerprint density at radius 1 is 1.22 bits per heavy atom. The van der Waals surface area contributed by atoms with Crippen LogP contribution in [0.3, 0.4) is 0 Å². The smallest absolute Gasteiger partial charge is 0.241 e. The van der Waals surface area contributed by atoms with Crippen molar-refractivity contribution >= 4 is 27.3 Å². The lowest BCUT2D eigenvalue weighted by molar-refractivity contribution is -0.119. The first kappa shape index (κ1) is 23.9. The maximum Gasteiger partial charge on any atom is 0.241 e. The van der Waals surface area contributed by atoms with Crippen LogP contribution in [0, 0.1) is 12.8 Å². The third-order valence-corrected chi connectivity index (χ3v) is 6.87. The number of methoxy groups -OCH3 is 1. The fourth-order valence-electron chi connectivity index (χ4n) is 4.01. The van der Waals surface area contributed by atoms with Gasteiger partial charge in [-0.25, -0.2) is 8.42 Å². The Balaban J connectivity index is 1.64. The van der Waals surface area contributed by atoms with Crippen molar-refractivity contribution in [2.75, 3.05) is 42.2 Å². The van der Waals surface area contributed by atoms with Gasteiger partial charge in [0.2, 0.25) is 15.9 Å². The number of ether oxygens (including phenoxy) is 1. The second kappa shape index (κ2) is 10.3. The van der Waals surface area contributed by atoms with Gasteiger partial charge in [-0.05, 0) is 61.1 Å². The van der Waals surface area contributed by atoms with Gasteiger partial charge in [0, 0.05) is 25.3 Å². The number of rotatable bonds is 8. The largest absolute Gasteiger partial charge is 0.495 e. The van der Waals surface area contributed by atoms with Crippen LogP contribution >= 0.6 is 0 Å². The molecule has 1 unspecified atom stereocenters. The highest BCUT2D eigenvalue weighted by Crippen LogP contribution is 2.31. The van der Waals surface area contributed by atoms with E-state index in [2.05, 4.69) is 29.3 Å². The minimum atomic E-state index is -3.68. The highest BCUT2D eigenvalue weighted by Gasteiger charge is 2.24. The van der Waals surface area contributed by atoms with Crippen molar-refractivity contribution in [3.8, 4) is 5.75 Å². The fourth-order valence-corrected chi connectivity index (χ4v) is 4.86. The molecule has 1 amide bonds. The maximum absolute atomic E-state index is 12.6. The molecule has 1 atom stereocenters. The number of aryl methyl sites for hydroxylation is 1. The molecule has 2 aromatic carbocycles. The van der Waals surface area contributed by atoms with Crippen LogP contribution in [0.15, 0.2) is 42.5 Å². The average molecular weight is 460 g/mol. The Morgan fingerprint density at radius 3 is 2.56 bits per heavy atom. The second-order valence-corrected chi connectivity index (χ2v) is 10.5. The van der Waals surface area contributed by atoms with Crippen LogP contribution < -0.4 is 19.3 Å². The molecule has 2 aromatic rings. The summed E-state index contributed by atoms with van der Waals surface area (Å²) < 4.78 is 31.2. The fraction of sp³-hybridized carbons (Fsp3) is 0.458. The zero-order valence-electron chi connectivity index (χ0n) is 19.3. The Hall–Kier alpha value is -2.74. The molecule has 1 aliphatic rings. The van der Waals surface area contributed by atoms with Crippen LogP contribution in [0.1, 0.15) is 30.9 Å². The molecule has 7 nitrogen and oxygen atoms in total. The van der Waals surface area contributed by atoms with Crippen LogP contribution in [0.2, 0.25) is 0 Å². The Kier molecular flexibility index (Phi) is 7.66. The van der Waals surface area contributed by atoms with E-state index in [-0.39, 0.29) is 12.5 Å². The van der Waals surface area contributed by atoms with Gasteiger partial charge in [-0.1, -0.05) is 25.1 Å². The molecule has 1 fully saturated rings. The van der Waals surface area contributed by atoms with Crippen LogP contribution in [-0.2, 0) is 21.4 Å². The normalized spacial score (nSPS) is 16.5. The van der Waals surface area contributed by atoms with Crippen LogP contribution in [0.4, 0.5) is 11.4 Å². The predicted octanol–water partition coefficient (Wildman–Crippen LogP) is 3.32. The van der Waals surface area contributed by atoms with Gasteiger partial charge in [0.25, 0.3) is 0 Å². The molecule has 1 aliphatic heterocycles. The number of carbonyl (C=O) groups excluding carboxylic acids is 1. The van der Waals surface area contributed by atoms with E-state index in [9.17, 15) is 13.2 Å². The zero-order chi connectivity index (χ0) is 23.3. The summed E-state index contributed by atoms with van der Waals surface area (Å²) in [5, 5.41) is 2.83. The van der Waals surface area contributed by atoms with E-state index in [0.717, 1.165) is 34.8 Å². The first-order valence-corrected chi connectivity index (χ1v) is 12.7. The lowest BCUT2D eigenvalue weighted by atomic mass is 9.99. The maximum atomic E-state index is 12.6. The van der Waals surface area contributed by atoms with Crippen molar-refractivity contribution in [3.63, 3.8) is 0 Å². The van der Waals surface area contributed by atoms with E-state index in [4.69, 9.17) is 4.74 Å². The van der Waals surface area contributed by atoms with Crippen molar-refractivity contribution in [3.05, 3.63) is 53.6 Å². The first-order valence-electron chi connectivity index (χ1n) is 10.9. The number of sulfonamides is 1. The molecule has 0 radical (unpaired) electrons. The molecular formula is C24H33N3O4S. The highest BCUT2D eigenvalue weighted by atomic mass is 32.2. The topological polar surface area (TPSA) is 79.0 Å². The van der Waals surface area contributed by atoms with Gasteiger partial charge >= 0.3 is 0 Å². The summed E-state index contributed by atoms with van der Waals surface area (Å²) in [5.41, 5.74) is 3.39.